The van der Waals surface area contributed by atoms with Crippen LogP contribution in [0.1, 0.15) is 35.3 Å². The molecular weight excluding hydrogens is 390 g/mol. The number of nitrogens with two attached hydrogens (primary N) is 1. The van der Waals surface area contributed by atoms with Gasteiger partial charge in [0.2, 0.25) is 5.91 Å². The summed E-state index contributed by atoms with van der Waals surface area (Å²) >= 11 is 5.86. The number of carbonyl (C=O) groups excluding carboxylic acids is 2. The van der Waals surface area contributed by atoms with Gasteiger partial charge in [0.15, 0.2) is 0 Å². The molecule has 1 aromatic carbocycles. The van der Waals surface area contributed by atoms with E-state index in [2.05, 4.69) is 5.10 Å². The van der Waals surface area contributed by atoms with Crippen molar-refractivity contribution in [1.82, 2.24) is 14.7 Å². The van der Waals surface area contributed by atoms with Crippen LogP contribution in [0.2, 0.25) is 5.02 Å². The molecule has 0 unspecified atom stereocenters. The van der Waals surface area contributed by atoms with Crippen molar-refractivity contribution in [2.75, 3.05) is 6.54 Å². The standard InChI is InChI=1S/C19H19ClF2N4O2/c20-13-8-11(1-2-14(13)22)18-17(19(23)28)15-9-25(3-4-26(15)24-18)16(27)7-10-5-12(21)6-10/h1-2,8,10,12H,3-7,9H2,(H2,23,28). The summed E-state index contributed by atoms with van der Waals surface area (Å²) in [6, 6.07) is 4.08. The molecule has 0 spiro atoms. The molecule has 2 amide bonds. The molecule has 2 N–H and O–H groups in total. The quantitative estimate of drug-likeness (QED) is 0.844. The Hall–Kier alpha value is -2.48. The van der Waals surface area contributed by atoms with Gasteiger partial charge in [-0.3, -0.25) is 14.3 Å². The Labute approximate surface area is 165 Å². The highest BCUT2D eigenvalue weighted by Crippen LogP contribution is 2.34. The minimum absolute atomic E-state index is 0.0638. The topological polar surface area (TPSA) is 81.2 Å². The summed E-state index contributed by atoms with van der Waals surface area (Å²) in [7, 11) is 0. The number of rotatable bonds is 4. The molecule has 28 heavy (non-hydrogen) atoms. The average Bonchev–Trinajstić information content (AvgIpc) is 3.01. The van der Waals surface area contributed by atoms with Crippen molar-refractivity contribution in [2.24, 2.45) is 11.7 Å². The van der Waals surface area contributed by atoms with Crippen LogP contribution in [0.15, 0.2) is 18.2 Å². The highest BCUT2D eigenvalue weighted by molar-refractivity contribution is 6.31. The number of hydrogen-bond donors (Lipinski definition) is 1. The van der Waals surface area contributed by atoms with Crippen LogP contribution < -0.4 is 5.73 Å². The second-order valence-corrected chi connectivity index (χ2v) is 7.75. The van der Waals surface area contributed by atoms with Gasteiger partial charge >= 0.3 is 0 Å². The number of nitrogens with zero attached hydrogens (tertiary/aromatic N) is 3. The molecule has 6 nitrogen and oxygen atoms in total. The zero-order valence-electron chi connectivity index (χ0n) is 15.0. The minimum Gasteiger partial charge on any atom is -0.365 e. The van der Waals surface area contributed by atoms with Crippen LogP contribution in [0.4, 0.5) is 8.78 Å². The Balaban J connectivity index is 1.62. The van der Waals surface area contributed by atoms with Gasteiger partial charge in [0.25, 0.3) is 5.91 Å². The monoisotopic (exact) mass is 408 g/mol. The third kappa shape index (κ3) is 3.37. The van der Waals surface area contributed by atoms with Gasteiger partial charge in [-0.2, -0.15) is 5.10 Å². The van der Waals surface area contributed by atoms with Crippen LogP contribution in [0.5, 0.6) is 0 Å². The molecule has 1 aliphatic heterocycles. The number of hydrogen-bond acceptors (Lipinski definition) is 3. The van der Waals surface area contributed by atoms with Gasteiger partial charge in [0, 0.05) is 18.5 Å². The Morgan fingerprint density at radius 3 is 2.68 bits per heavy atom. The van der Waals surface area contributed by atoms with Crippen molar-refractivity contribution in [3.63, 3.8) is 0 Å². The second kappa shape index (κ2) is 7.16. The van der Waals surface area contributed by atoms with E-state index >= 15 is 0 Å². The van der Waals surface area contributed by atoms with Crippen molar-refractivity contribution < 1.29 is 18.4 Å². The smallest absolute Gasteiger partial charge is 0.252 e. The SMILES string of the molecule is NC(=O)c1c(-c2ccc(F)c(Cl)c2)nn2c1CN(C(=O)CC1CC(F)C1)CC2. The number of primary amides is 1. The Bertz CT molecular complexity index is 956. The summed E-state index contributed by atoms with van der Waals surface area (Å²) in [5.41, 5.74) is 7.13. The fraction of sp³-hybridized carbons (Fsp3) is 0.421. The van der Waals surface area contributed by atoms with Gasteiger partial charge in [-0.25, -0.2) is 8.78 Å². The number of fused-ring (bicyclic) bond motifs is 1. The zero-order valence-corrected chi connectivity index (χ0v) is 15.8. The molecule has 1 fully saturated rings. The van der Waals surface area contributed by atoms with Crippen LogP contribution in [0.3, 0.4) is 0 Å². The summed E-state index contributed by atoms with van der Waals surface area (Å²) in [6.07, 6.45) is 0.368. The molecule has 1 saturated carbocycles. The molecule has 2 heterocycles. The number of carbonyl (C=O) groups is 2. The minimum atomic E-state index is -0.799. The first kappa shape index (κ1) is 18.9. The number of amides is 2. The van der Waals surface area contributed by atoms with Crippen LogP contribution >= 0.6 is 11.6 Å². The van der Waals surface area contributed by atoms with Gasteiger partial charge < -0.3 is 10.6 Å². The maximum Gasteiger partial charge on any atom is 0.252 e. The summed E-state index contributed by atoms with van der Waals surface area (Å²) in [6.45, 7) is 1.05. The first-order valence-corrected chi connectivity index (χ1v) is 9.48. The predicted octanol–water partition coefficient (Wildman–Crippen LogP) is 2.92. The van der Waals surface area contributed by atoms with Crippen LogP contribution in [0, 0.1) is 11.7 Å². The first-order chi connectivity index (χ1) is 13.3. The highest BCUT2D eigenvalue weighted by atomic mass is 35.5. The molecule has 0 saturated heterocycles. The Morgan fingerprint density at radius 1 is 1.29 bits per heavy atom. The van der Waals surface area contributed by atoms with Gasteiger partial charge in [0.05, 0.1) is 29.4 Å². The van der Waals surface area contributed by atoms with Crippen LogP contribution in [-0.4, -0.2) is 39.2 Å². The predicted molar refractivity (Wildman–Crippen MR) is 98.8 cm³/mol. The van der Waals surface area contributed by atoms with Crippen molar-refractivity contribution in [3.05, 3.63) is 40.3 Å². The number of benzene rings is 1. The lowest BCUT2D eigenvalue weighted by molar-refractivity contribution is -0.134. The van der Waals surface area contributed by atoms with Gasteiger partial charge in [0.1, 0.15) is 17.7 Å². The molecule has 4 rings (SSSR count). The molecule has 2 aromatic rings. The van der Waals surface area contributed by atoms with Gasteiger partial charge in [-0.05, 0) is 37.0 Å². The van der Waals surface area contributed by atoms with E-state index in [1.807, 2.05) is 0 Å². The van der Waals surface area contributed by atoms with Crippen molar-refractivity contribution in [1.29, 1.82) is 0 Å². The summed E-state index contributed by atoms with van der Waals surface area (Å²) in [4.78, 5) is 26.3. The maximum absolute atomic E-state index is 13.5. The van der Waals surface area contributed by atoms with Crippen LogP contribution in [0.25, 0.3) is 11.3 Å². The molecule has 9 heteroatoms. The third-order valence-electron chi connectivity index (χ3n) is 5.41. The van der Waals surface area contributed by atoms with Gasteiger partial charge in [-0.15, -0.1) is 0 Å². The number of aromatic nitrogens is 2. The normalized spacial score (nSPS) is 21.2. The van der Waals surface area contributed by atoms with E-state index in [0.29, 0.717) is 49.3 Å². The van der Waals surface area contributed by atoms with E-state index in [-0.39, 0.29) is 29.0 Å². The average molecular weight is 409 g/mol. The molecule has 2 aliphatic rings. The Morgan fingerprint density at radius 2 is 2.04 bits per heavy atom. The van der Waals surface area contributed by atoms with Gasteiger partial charge in [-0.1, -0.05) is 11.6 Å². The van der Waals surface area contributed by atoms with E-state index in [1.165, 1.54) is 18.2 Å². The maximum atomic E-state index is 13.5. The van der Waals surface area contributed by atoms with Crippen molar-refractivity contribution in [3.8, 4) is 11.3 Å². The van der Waals surface area contributed by atoms with E-state index in [1.54, 1.807) is 9.58 Å². The lowest BCUT2D eigenvalue weighted by atomic mass is 9.81. The molecule has 0 radical (unpaired) electrons. The van der Waals surface area contributed by atoms with E-state index in [0.717, 1.165) is 0 Å². The fourth-order valence-corrected chi connectivity index (χ4v) is 4.01. The lowest BCUT2D eigenvalue weighted by Gasteiger charge is -2.33. The van der Waals surface area contributed by atoms with E-state index < -0.39 is 17.9 Å². The third-order valence-corrected chi connectivity index (χ3v) is 5.70. The summed E-state index contributed by atoms with van der Waals surface area (Å²) in [5, 5.41) is 4.37. The first-order valence-electron chi connectivity index (χ1n) is 9.10. The highest BCUT2D eigenvalue weighted by Gasteiger charge is 2.34. The second-order valence-electron chi connectivity index (χ2n) is 7.34. The van der Waals surface area contributed by atoms with Crippen molar-refractivity contribution in [2.45, 2.75) is 38.5 Å². The zero-order chi connectivity index (χ0) is 20.0. The molecular formula is C19H19ClF2N4O2. The van der Waals surface area contributed by atoms with Crippen molar-refractivity contribution >= 4 is 23.4 Å². The number of alkyl halides is 1. The molecule has 1 aliphatic carbocycles. The van der Waals surface area contributed by atoms with E-state index in [4.69, 9.17) is 17.3 Å². The molecule has 1 aromatic heterocycles. The fourth-order valence-electron chi connectivity index (χ4n) is 3.83. The summed E-state index contributed by atoms with van der Waals surface area (Å²) in [5.74, 6) is -1.23. The summed E-state index contributed by atoms with van der Waals surface area (Å²) < 4.78 is 28.1. The van der Waals surface area contributed by atoms with E-state index in [9.17, 15) is 18.4 Å². The molecule has 0 atom stereocenters. The molecule has 148 valence electrons. The van der Waals surface area contributed by atoms with Crippen LogP contribution in [-0.2, 0) is 17.9 Å². The molecule has 0 bridgehead atoms. The lowest BCUT2D eigenvalue weighted by Crippen LogP contribution is -2.41. The largest absolute Gasteiger partial charge is 0.365 e. The Kier molecular flexibility index (Phi) is 4.82. The number of halogens is 3.